The van der Waals surface area contributed by atoms with Gasteiger partial charge in [0, 0.05) is 13.5 Å². The van der Waals surface area contributed by atoms with Crippen LogP contribution in [0.1, 0.15) is 30.5 Å². The Labute approximate surface area is 165 Å². The second-order valence-electron chi connectivity index (χ2n) is 7.53. The maximum absolute atomic E-state index is 13.8. The maximum Gasteiger partial charge on any atom is 0.266 e. The Morgan fingerprint density at radius 2 is 1.89 bits per heavy atom. The number of halogens is 2. The first kappa shape index (κ1) is 18.0. The summed E-state index contributed by atoms with van der Waals surface area (Å²) in [6, 6.07) is 10.1. The molecule has 4 rings (SSSR count). The van der Waals surface area contributed by atoms with Crippen molar-refractivity contribution < 1.29 is 13.9 Å². The molecule has 1 atom stereocenters. The molecular formula is C20H19BrFN3O2. The number of nitrogens with two attached hydrogens (primary N) is 1. The number of aliphatic imine (C=N–C) groups is 1. The predicted molar refractivity (Wildman–Crippen MR) is 104 cm³/mol. The number of likely N-dealkylation sites (N-methyl/N-ethyl adjacent to an activating group) is 1. The third-order valence-electron chi connectivity index (χ3n) is 5.06. The van der Waals surface area contributed by atoms with Crippen LogP contribution in [0.25, 0.3) is 0 Å². The van der Waals surface area contributed by atoms with Gasteiger partial charge in [0.05, 0.1) is 4.47 Å². The van der Waals surface area contributed by atoms with Crippen LogP contribution in [0.2, 0.25) is 0 Å². The van der Waals surface area contributed by atoms with Crippen molar-refractivity contribution in [1.29, 1.82) is 0 Å². The van der Waals surface area contributed by atoms with Crippen molar-refractivity contribution in [1.82, 2.24) is 4.90 Å². The molecule has 5 nitrogen and oxygen atoms in total. The van der Waals surface area contributed by atoms with Gasteiger partial charge in [-0.25, -0.2) is 9.38 Å². The van der Waals surface area contributed by atoms with Crippen LogP contribution in [0.3, 0.4) is 0 Å². The quantitative estimate of drug-likeness (QED) is 0.792. The summed E-state index contributed by atoms with van der Waals surface area (Å²) in [6.07, 6.45) is 0.725. The lowest BCUT2D eigenvalue weighted by Gasteiger charge is -2.26. The normalized spacial score (nSPS) is 23.2. The number of carbonyl (C=O) groups excluding carboxylic acids is 1. The first-order valence-electron chi connectivity index (χ1n) is 8.55. The molecule has 0 radical (unpaired) electrons. The van der Waals surface area contributed by atoms with Crippen LogP contribution in [0.5, 0.6) is 5.75 Å². The van der Waals surface area contributed by atoms with Crippen molar-refractivity contribution in [3.63, 3.8) is 0 Å². The molecule has 0 bridgehead atoms. The molecule has 1 amide bonds. The zero-order valence-corrected chi connectivity index (χ0v) is 16.8. The van der Waals surface area contributed by atoms with E-state index in [1.807, 2.05) is 32.0 Å². The van der Waals surface area contributed by atoms with Gasteiger partial charge in [0.1, 0.15) is 17.2 Å². The Bertz CT molecular complexity index is 1000. The molecule has 2 heterocycles. The van der Waals surface area contributed by atoms with Gasteiger partial charge in [-0.15, -0.1) is 0 Å². The molecule has 2 N–H and O–H groups in total. The van der Waals surface area contributed by atoms with Gasteiger partial charge in [0.15, 0.2) is 11.5 Å². The van der Waals surface area contributed by atoms with E-state index in [1.165, 1.54) is 11.0 Å². The molecule has 0 fully saturated rings. The molecule has 0 aliphatic carbocycles. The smallest absolute Gasteiger partial charge is 0.266 e. The Morgan fingerprint density at radius 1 is 1.22 bits per heavy atom. The Balaban J connectivity index is 1.94. The molecule has 2 aromatic carbocycles. The number of rotatable bonds is 2. The number of benzene rings is 2. The van der Waals surface area contributed by atoms with Gasteiger partial charge in [-0.05, 0) is 70.7 Å². The lowest BCUT2D eigenvalue weighted by molar-refractivity contribution is -0.129. The number of guanidine groups is 1. The summed E-state index contributed by atoms with van der Waals surface area (Å²) < 4.78 is 20.0. The van der Waals surface area contributed by atoms with Gasteiger partial charge >= 0.3 is 0 Å². The lowest BCUT2D eigenvalue weighted by Crippen LogP contribution is -2.41. The number of ether oxygens (including phenoxy) is 1. The van der Waals surface area contributed by atoms with Crippen LogP contribution in [0.15, 0.2) is 45.9 Å². The monoisotopic (exact) mass is 431 g/mol. The highest BCUT2D eigenvalue weighted by Gasteiger charge is 2.50. The summed E-state index contributed by atoms with van der Waals surface area (Å²) in [5, 5.41) is 0. The molecule has 1 unspecified atom stereocenters. The van der Waals surface area contributed by atoms with E-state index in [-0.39, 0.29) is 21.9 Å². The summed E-state index contributed by atoms with van der Waals surface area (Å²) in [7, 11) is 1.58. The molecule has 0 spiro atoms. The maximum atomic E-state index is 13.8. The van der Waals surface area contributed by atoms with Crippen LogP contribution in [0, 0.1) is 5.82 Å². The van der Waals surface area contributed by atoms with Crippen LogP contribution in [0.4, 0.5) is 4.39 Å². The van der Waals surface area contributed by atoms with E-state index in [0.29, 0.717) is 11.1 Å². The number of fused-ring (bicyclic) bond motifs is 1. The van der Waals surface area contributed by atoms with Gasteiger partial charge in [-0.1, -0.05) is 12.1 Å². The second-order valence-corrected chi connectivity index (χ2v) is 8.39. The van der Waals surface area contributed by atoms with Crippen molar-refractivity contribution in [3.05, 3.63) is 63.4 Å². The fraction of sp³-hybridized carbons (Fsp3) is 0.300. The van der Waals surface area contributed by atoms with Crippen molar-refractivity contribution in [2.75, 3.05) is 7.05 Å². The molecule has 0 aromatic heterocycles. The van der Waals surface area contributed by atoms with Gasteiger partial charge in [0.2, 0.25) is 0 Å². The highest BCUT2D eigenvalue weighted by Crippen LogP contribution is 2.44. The van der Waals surface area contributed by atoms with E-state index >= 15 is 0 Å². The van der Waals surface area contributed by atoms with Crippen molar-refractivity contribution in [2.45, 2.75) is 31.4 Å². The SMILES string of the molecule is CN1C(=O)C(c2ccc(F)c(Br)c2)(c2ccc3c(c2)CC(C)(C)O3)N=C1N. The van der Waals surface area contributed by atoms with Gasteiger partial charge < -0.3 is 10.5 Å². The molecule has 0 saturated carbocycles. The van der Waals surface area contributed by atoms with Crippen LogP contribution < -0.4 is 10.5 Å². The summed E-state index contributed by atoms with van der Waals surface area (Å²) in [5.41, 5.74) is 6.57. The largest absolute Gasteiger partial charge is 0.487 e. The molecular weight excluding hydrogens is 413 g/mol. The van der Waals surface area contributed by atoms with E-state index in [4.69, 9.17) is 10.5 Å². The number of nitrogens with zero attached hydrogens (tertiary/aromatic N) is 2. The summed E-state index contributed by atoms with van der Waals surface area (Å²) in [4.78, 5) is 19.1. The zero-order chi connectivity index (χ0) is 19.6. The standard InChI is InChI=1S/C20H19BrFN3O2/c1-19(2)10-11-8-12(5-7-16(11)27-19)20(17(26)25(3)18(23)24-20)13-4-6-15(22)14(21)9-13/h4-9H,10H2,1-3H3,(H2,23,24). The van der Waals surface area contributed by atoms with E-state index in [9.17, 15) is 9.18 Å². The molecule has 2 aromatic rings. The Hall–Kier alpha value is -2.41. The number of hydrogen-bond acceptors (Lipinski definition) is 4. The molecule has 2 aliphatic rings. The van der Waals surface area contributed by atoms with Crippen LogP contribution >= 0.6 is 15.9 Å². The minimum absolute atomic E-state index is 0.123. The van der Waals surface area contributed by atoms with Crippen molar-refractivity contribution in [2.24, 2.45) is 10.7 Å². The predicted octanol–water partition coefficient (Wildman–Crippen LogP) is 3.33. The van der Waals surface area contributed by atoms with E-state index in [1.54, 1.807) is 19.2 Å². The highest BCUT2D eigenvalue weighted by molar-refractivity contribution is 9.10. The van der Waals surface area contributed by atoms with E-state index < -0.39 is 11.4 Å². The van der Waals surface area contributed by atoms with E-state index in [0.717, 1.165) is 17.7 Å². The van der Waals surface area contributed by atoms with Crippen molar-refractivity contribution >= 4 is 27.8 Å². The molecule has 140 valence electrons. The van der Waals surface area contributed by atoms with Gasteiger partial charge in [0.25, 0.3) is 5.91 Å². The zero-order valence-electron chi connectivity index (χ0n) is 15.2. The summed E-state index contributed by atoms with van der Waals surface area (Å²) in [6.45, 7) is 4.04. The molecule has 2 aliphatic heterocycles. The minimum Gasteiger partial charge on any atom is -0.487 e. The lowest BCUT2D eigenvalue weighted by atomic mass is 9.81. The first-order valence-corrected chi connectivity index (χ1v) is 9.35. The fourth-order valence-corrected chi connectivity index (χ4v) is 4.12. The van der Waals surface area contributed by atoms with E-state index in [2.05, 4.69) is 20.9 Å². The molecule has 0 saturated heterocycles. The number of carbonyl (C=O) groups is 1. The molecule has 7 heteroatoms. The van der Waals surface area contributed by atoms with Gasteiger partial charge in [-0.2, -0.15) is 0 Å². The van der Waals surface area contributed by atoms with Crippen LogP contribution in [-0.2, 0) is 16.8 Å². The second kappa shape index (κ2) is 5.79. The fourth-order valence-electron chi connectivity index (χ4n) is 3.74. The Kier molecular flexibility index (Phi) is 3.86. The molecule has 27 heavy (non-hydrogen) atoms. The third-order valence-corrected chi connectivity index (χ3v) is 5.67. The number of amides is 1. The van der Waals surface area contributed by atoms with Crippen LogP contribution in [-0.4, -0.2) is 29.4 Å². The van der Waals surface area contributed by atoms with Gasteiger partial charge in [-0.3, -0.25) is 9.69 Å². The van der Waals surface area contributed by atoms with Crippen molar-refractivity contribution in [3.8, 4) is 5.75 Å². The summed E-state index contributed by atoms with van der Waals surface area (Å²) in [5.74, 6) is 0.234. The number of hydrogen-bond donors (Lipinski definition) is 1. The average Bonchev–Trinajstić information content (AvgIpc) is 3.04. The minimum atomic E-state index is -1.35. The Morgan fingerprint density at radius 3 is 2.52 bits per heavy atom. The average molecular weight is 432 g/mol. The highest BCUT2D eigenvalue weighted by atomic mass is 79.9. The topological polar surface area (TPSA) is 67.9 Å². The third kappa shape index (κ3) is 2.64. The first-order chi connectivity index (χ1) is 12.6. The summed E-state index contributed by atoms with van der Waals surface area (Å²) >= 11 is 3.21.